The van der Waals surface area contributed by atoms with E-state index in [4.69, 9.17) is 0 Å². The number of hydrogen-bond donors (Lipinski definition) is 1. The molecule has 166 valence electrons. The van der Waals surface area contributed by atoms with E-state index in [1.807, 2.05) is 34.6 Å². The Morgan fingerprint density at radius 3 is 2.00 bits per heavy atom. The highest BCUT2D eigenvalue weighted by molar-refractivity contribution is 5.78. The zero-order valence-electron chi connectivity index (χ0n) is 18.8. The van der Waals surface area contributed by atoms with Gasteiger partial charge >= 0.3 is 0 Å². The van der Waals surface area contributed by atoms with Gasteiger partial charge in [-0.05, 0) is 63.7 Å². The Morgan fingerprint density at radius 2 is 1.57 bits per heavy atom. The van der Waals surface area contributed by atoms with Crippen molar-refractivity contribution in [3.63, 3.8) is 0 Å². The summed E-state index contributed by atoms with van der Waals surface area (Å²) in [5, 5.41) is 3.43. The zero-order chi connectivity index (χ0) is 21.2. The van der Waals surface area contributed by atoms with Gasteiger partial charge in [0.05, 0.1) is 6.54 Å². The van der Waals surface area contributed by atoms with Crippen molar-refractivity contribution in [3.05, 3.63) is 0 Å². The van der Waals surface area contributed by atoms with Crippen LogP contribution in [-0.4, -0.2) is 67.4 Å². The maximum Gasteiger partial charge on any atom is 0.260 e. The van der Waals surface area contributed by atoms with Crippen molar-refractivity contribution >= 4 is 5.91 Å². The number of nitrogens with one attached hydrogen (secondary N) is 1. The standard InChI is InChI=1S/C13H24N2O.C7H13F2N.C2H6/c1-11(2)12(16)15-9-5-13(6-10-15)3-7-14-8-4-13;1-2-10-5-3-4-7(8,9)6-10;1-2/h11,14H,3-10H2,1-2H3;2-6H2,1H3;1-2H3. The van der Waals surface area contributed by atoms with Crippen molar-refractivity contribution < 1.29 is 13.6 Å². The molecule has 3 rings (SSSR count). The molecule has 0 aromatic carbocycles. The number of alkyl halides is 2. The summed E-state index contributed by atoms with van der Waals surface area (Å²) in [6, 6.07) is 0. The lowest BCUT2D eigenvalue weighted by Crippen LogP contribution is -2.48. The van der Waals surface area contributed by atoms with Crippen LogP contribution in [-0.2, 0) is 4.79 Å². The number of piperidine rings is 3. The highest BCUT2D eigenvalue weighted by Gasteiger charge is 2.37. The van der Waals surface area contributed by atoms with Gasteiger partial charge in [0, 0.05) is 25.4 Å². The largest absolute Gasteiger partial charge is 0.342 e. The molecule has 0 atom stereocenters. The van der Waals surface area contributed by atoms with Crippen LogP contribution >= 0.6 is 0 Å². The number of halogens is 2. The number of amides is 1. The first-order valence-corrected chi connectivity index (χ1v) is 11.4. The fraction of sp³-hybridized carbons (Fsp3) is 0.955. The molecule has 0 saturated carbocycles. The van der Waals surface area contributed by atoms with Crippen LogP contribution in [0.2, 0.25) is 0 Å². The normalized spacial score (nSPS) is 24.1. The molecule has 0 aromatic rings. The average molecular weight is 404 g/mol. The minimum Gasteiger partial charge on any atom is -0.342 e. The van der Waals surface area contributed by atoms with E-state index in [1.54, 1.807) is 4.90 Å². The van der Waals surface area contributed by atoms with Crippen LogP contribution in [0.4, 0.5) is 8.78 Å². The number of rotatable bonds is 2. The van der Waals surface area contributed by atoms with E-state index in [2.05, 4.69) is 10.2 Å². The summed E-state index contributed by atoms with van der Waals surface area (Å²) in [5.74, 6) is -1.93. The molecule has 3 heterocycles. The Hall–Kier alpha value is -0.750. The fourth-order valence-corrected chi connectivity index (χ4v) is 4.34. The lowest BCUT2D eigenvalue weighted by Gasteiger charge is -2.44. The quantitative estimate of drug-likeness (QED) is 0.742. The lowest BCUT2D eigenvalue weighted by atomic mass is 9.71. The van der Waals surface area contributed by atoms with Crippen LogP contribution in [0.25, 0.3) is 0 Å². The first-order valence-electron chi connectivity index (χ1n) is 11.4. The van der Waals surface area contributed by atoms with Crippen molar-refractivity contribution in [2.45, 2.75) is 79.1 Å². The Morgan fingerprint density at radius 1 is 1.00 bits per heavy atom. The first-order chi connectivity index (χ1) is 13.3. The van der Waals surface area contributed by atoms with Crippen LogP contribution < -0.4 is 5.32 Å². The molecule has 0 bridgehead atoms. The molecule has 1 amide bonds. The third kappa shape index (κ3) is 7.94. The minimum absolute atomic E-state index is 0.0382. The van der Waals surface area contributed by atoms with Crippen molar-refractivity contribution in [2.75, 3.05) is 45.8 Å². The number of nitrogens with zero attached hydrogens (tertiary/aromatic N) is 2. The van der Waals surface area contributed by atoms with E-state index in [9.17, 15) is 13.6 Å². The summed E-state index contributed by atoms with van der Waals surface area (Å²) >= 11 is 0. The van der Waals surface area contributed by atoms with Crippen LogP contribution in [0.15, 0.2) is 0 Å². The van der Waals surface area contributed by atoms with E-state index in [1.165, 1.54) is 25.7 Å². The number of hydrogen-bond acceptors (Lipinski definition) is 3. The predicted molar refractivity (Wildman–Crippen MR) is 113 cm³/mol. The highest BCUT2D eigenvalue weighted by Crippen LogP contribution is 2.39. The molecule has 6 heteroatoms. The molecule has 3 saturated heterocycles. The van der Waals surface area contributed by atoms with Gasteiger partial charge in [0.15, 0.2) is 0 Å². The zero-order valence-corrected chi connectivity index (χ0v) is 18.8. The second-order valence-electron chi connectivity index (χ2n) is 8.56. The minimum atomic E-state index is -2.42. The summed E-state index contributed by atoms with van der Waals surface area (Å²) in [6.45, 7) is 15.8. The second kappa shape index (κ2) is 12.1. The Kier molecular flexibility index (Phi) is 10.9. The topological polar surface area (TPSA) is 35.6 Å². The molecule has 1 N–H and O–H groups in total. The molecular weight excluding hydrogens is 360 g/mol. The number of likely N-dealkylation sites (tertiary alicyclic amines) is 2. The number of carbonyl (C=O) groups excluding carboxylic acids is 1. The Bertz CT molecular complexity index is 441. The van der Waals surface area contributed by atoms with Gasteiger partial charge < -0.3 is 10.2 Å². The summed E-state index contributed by atoms with van der Waals surface area (Å²) in [7, 11) is 0. The van der Waals surface area contributed by atoms with Crippen LogP contribution in [0, 0.1) is 11.3 Å². The van der Waals surface area contributed by atoms with Gasteiger partial charge in [0.2, 0.25) is 5.91 Å². The van der Waals surface area contributed by atoms with Gasteiger partial charge in [-0.2, -0.15) is 0 Å². The van der Waals surface area contributed by atoms with E-state index in [-0.39, 0.29) is 18.9 Å². The fourth-order valence-electron chi connectivity index (χ4n) is 4.34. The van der Waals surface area contributed by atoms with E-state index < -0.39 is 5.92 Å². The Labute approximate surface area is 171 Å². The SMILES string of the molecule is CC.CC(C)C(=O)N1CCC2(CCNCC2)CC1.CCN1CCCC(F)(F)C1. The molecule has 1 spiro atoms. The lowest BCUT2D eigenvalue weighted by molar-refractivity contribution is -0.137. The van der Waals surface area contributed by atoms with Crippen molar-refractivity contribution in [3.8, 4) is 0 Å². The van der Waals surface area contributed by atoms with Crippen molar-refractivity contribution in [2.24, 2.45) is 11.3 Å². The molecule has 0 unspecified atom stereocenters. The third-order valence-corrected chi connectivity index (χ3v) is 6.21. The second-order valence-corrected chi connectivity index (χ2v) is 8.56. The van der Waals surface area contributed by atoms with E-state index in [0.717, 1.165) is 39.3 Å². The van der Waals surface area contributed by atoms with Gasteiger partial charge in [-0.25, -0.2) is 8.78 Å². The van der Waals surface area contributed by atoms with E-state index in [0.29, 0.717) is 17.7 Å². The highest BCUT2D eigenvalue weighted by atomic mass is 19.3. The van der Waals surface area contributed by atoms with Gasteiger partial charge in [-0.1, -0.05) is 34.6 Å². The smallest absolute Gasteiger partial charge is 0.260 e. The average Bonchev–Trinajstić information content (AvgIpc) is 2.70. The van der Waals surface area contributed by atoms with Gasteiger partial charge in [-0.15, -0.1) is 0 Å². The molecule has 4 nitrogen and oxygen atoms in total. The van der Waals surface area contributed by atoms with Crippen LogP contribution in [0.5, 0.6) is 0 Å². The van der Waals surface area contributed by atoms with Crippen molar-refractivity contribution in [1.29, 1.82) is 0 Å². The van der Waals surface area contributed by atoms with E-state index >= 15 is 0 Å². The van der Waals surface area contributed by atoms with Gasteiger partial charge in [0.1, 0.15) is 0 Å². The molecule has 3 aliphatic heterocycles. The summed E-state index contributed by atoms with van der Waals surface area (Å²) in [6.07, 6.45) is 5.75. The van der Waals surface area contributed by atoms with Gasteiger partial charge in [-0.3, -0.25) is 9.69 Å². The molecule has 0 aliphatic carbocycles. The number of carbonyl (C=O) groups is 1. The summed E-state index contributed by atoms with van der Waals surface area (Å²) in [4.78, 5) is 15.7. The van der Waals surface area contributed by atoms with Crippen molar-refractivity contribution in [1.82, 2.24) is 15.1 Å². The monoisotopic (exact) mass is 403 g/mol. The van der Waals surface area contributed by atoms with Crippen LogP contribution in [0.3, 0.4) is 0 Å². The Balaban J connectivity index is 0.000000281. The molecular formula is C22H43F2N3O. The summed E-state index contributed by atoms with van der Waals surface area (Å²) in [5.41, 5.74) is 0.555. The van der Waals surface area contributed by atoms with Gasteiger partial charge in [0.25, 0.3) is 5.92 Å². The molecule has 3 aliphatic rings. The maximum atomic E-state index is 12.6. The molecule has 28 heavy (non-hydrogen) atoms. The third-order valence-electron chi connectivity index (χ3n) is 6.21. The maximum absolute atomic E-state index is 12.6. The molecule has 0 aromatic heterocycles. The summed E-state index contributed by atoms with van der Waals surface area (Å²) < 4.78 is 25.2. The molecule has 3 fully saturated rings. The first kappa shape index (κ1) is 25.3. The van der Waals surface area contributed by atoms with Crippen LogP contribution in [0.1, 0.15) is 73.1 Å². The molecule has 0 radical (unpaired) electrons. The predicted octanol–water partition coefficient (Wildman–Crippen LogP) is 4.40.